The molecule has 0 saturated heterocycles. The molecule has 1 heterocycles. The fourth-order valence-electron chi connectivity index (χ4n) is 1.67. The molecule has 0 fully saturated rings. The fourth-order valence-corrected chi connectivity index (χ4v) is 2.49. The number of rotatable bonds is 3. The Bertz CT molecular complexity index is 494. The number of nitrogens with zero attached hydrogens (tertiary/aromatic N) is 1. The second-order valence-corrected chi connectivity index (χ2v) is 4.37. The van der Waals surface area contributed by atoms with Crippen LogP contribution in [0.2, 0.25) is 0 Å². The molecule has 0 bridgehead atoms. The van der Waals surface area contributed by atoms with Gasteiger partial charge in [-0.2, -0.15) is 0 Å². The molecule has 0 unspecified atom stereocenters. The highest BCUT2D eigenvalue weighted by Gasteiger charge is 2.08. The fraction of sp³-hybridized carbons (Fsp3) is 0.250. The van der Waals surface area contributed by atoms with Crippen LogP contribution in [0.15, 0.2) is 23.7 Å². The molecule has 4 heteroatoms. The number of ether oxygens (including phenoxy) is 1. The Morgan fingerprint density at radius 1 is 1.44 bits per heavy atom. The van der Waals surface area contributed by atoms with Crippen molar-refractivity contribution in [3.63, 3.8) is 0 Å². The topological polar surface area (TPSA) is 48.1 Å². The first-order chi connectivity index (χ1) is 7.76. The normalized spacial score (nSPS) is 10.4. The van der Waals surface area contributed by atoms with E-state index in [1.807, 2.05) is 24.6 Å². The van der Waals surface area contributed by atoms with Gasteiger partial charge in [-0.05, 0) is 36.2 Å². The summed E-state index contributed by atoms with van der Waals surface area (Å²) in [4.78, 5) is 5.39. The third-order valence-corrected chi connectivity index (χ3v) is 3.41. The minimum Gasteiger partial charge on any atom is -0.496 e. The van der Waals surface area contributed by atoms with Crippen LogP contribution in [0.25, 0.3) is 10.4 Å². The first kappa shape index (κ1) is 11.1. The average Bonchev–Trinajstić information content (AvgIpc) is 2.77. The summed E-state index contributed by atoms with van der Waals surface area (Å²) in [5.74, 6) is 0.905. The van der Waals surface area contributed by atoms with Gasteiger partial charge in [0.05, 0.1) is 23.2 Å². The average molecular weight is 234 g/mol. The molecule has 0 aliphatic rings. The lowest BCUT2D eigenvalue weighted by Gasteiger charge is -2.06. The first-order valence-electron chi connectivity index (χ1n) is 5.03. The summed E-state index contributed by atoms with van der Waals surface area (Å²) in [6.45, 7) is 2.51. The number of hydrogen-bond donors (Lipinski definition) is 1. The monoisotopic (exact) mass is 234 g/mol. The Labute approximate surface area is 98.9 Å². The van der Waals surface area contributed by atoms with Crippen LogP contribution in [-0.2, 0) is 6.54 Å². The molecule has 1 aromatic heterocycles. The van der Waals surface area contributed by atoms with Gasteiger partial charge < -0.3 is 10.5 Å². The van der Waals surface area contributed by atoms with Gasteiger partial charge in [0.1, 0.15) is 5.75 Å². The van der Waals surface area contributed by atoms with Gasteiger partial charge in [0.25, 0.3) is 0 Å². The highest BCUT2D eigenvalue weighted by atomic mass is 32.1. The molecule has 0 atom stereocenters. The molecule has 2 rings (SSSR count). The van der Waals surface area contributed by atoms with Crippen LogP contribution in [0.3, 0.4) is 0 Å². The first-order valence-corrected chi connectivity index (χ1v) is 5.91. The van der Waals surface area contributed by atoms with Crippen molar-refractivity contribution in [1.82, 2.24) is 4.98 Å². The minimum absolute atomic E-state index is 0.476. The van der Waals surface area contributed by atoms with Crippen molar-refractivity contribution in [3.8, 4) is 16.2 Å². The molecule has 2 aromatic rings. The van der Waals surface area contributed by atoms with Crippen LogP contribution in [0.4, 0.5) is 0 Å². The number of nitrogens with two attached hydrogens (primary N) is 1. The maximum atomic E-state index is 5.65. The lowest BCUT2D eigenvalue weighted by Crippen LogP contribution is -1.98. The van der Waals surface area contributed by atoms with E-state index in [0.29, 0.717) is 6.54 Å². The summed E-state index contributed by atoms with van der Waals surface area (Å²) in [7, 11) is 1.68. The van der Waals surface area contributed by atoms with E-state index in [4.69, 9.17) is 10.5 Å². The zero-order valence-corrected chi connectivity index (χ0v) is 10.2. The molecular formula is C12H14N2OS. The second kappa shape index (κ2) is 4.63. The smallest absolute Gasteiger partial charge is 0.121 e. The molecule has 0 saturated carbocycles. The van der Waals surface area contributed by atoms with Crippen LogP contribution < -0.4 is 10.5 Å². The maximum absolute atomic E-state index is 5.65. The summed E-state index contributed by atoms with van der Waals surface area (Å²) >= 11 is 1.62. The molecule has 16 heavy (non-hydrogen) atoms. The quantitative estimate of drug-likeness (QED) is 0.888. The van der Waals surface area contributed by atoms with Crippen LogP contribution in [-0.4, -0.2) is 12.1 Å². The Morgan fingerprint density at radius 2 is 2.25 bits per heavy atom. The summed E-state index contributed by atoms with van der Waals surface area (Å²) in [6, 6.07) is 6.12. The van der Waals surface area contributed by atoms with Gasteiger partial charge in [0.15, 0.2) is 0 Å². The third kappa shape index (κ3) is 1.94. The van der Waals surface area contributed by atoms with Gasteiger partial charge in [0, 0.05) is 6.54 Å². The maximum Gasteiger partial charge on any atom is 0.121 e. The van der Waals surface area contributed by atoms with E-state index in [2.05, 4.69) is 11.1 Å². The summed E-state index contributed by atoms with van der Waals surface area (Å²) in [6.07, 6.45) is 0. The molecule has 2 N–H and O–H groups in total. The number of aryl methyl sites for hydroxylation is 1. The minimum atomic E-state index is 0.476. The van der Waals surface area contributed by atoms with E-state index in [1.165, 1.54) is 0 Å². The van der Waals surface area contributed by atoms with Crippen LogP contribution >= 0.6 is 11.3 Å². The number of thiazole rings is 1. The molecule has 1 aromatic carbocycles. The van der Waals surface area contributed by atoms with E-state index < -0.39 is 0 Å². The van der Waals surface area contributed by atoms with Gasteiger partial charge >= 0.3 is 0 Å². The molecule has 0 radical (unpaired) electrons. The SMILES string of the molecule is COc1ccc(-c2scnc2CN)cc1C. The van der Waals surface area contributed by atoms with Crippen molar-refractivity contribution < 1.29 is 4.74 Å². The number of methoxy groups -OCH3 is 1. The molecule has 3 nitrogen and oxygen atoms in total. The molecular weight excluding hydrogens is 220 g/mol. The number of aromatic nitrogens is 1. The number of benzene rings is 1. The van der Waals surface area contributed by atoms with Gasteiger partial charge in [-0.15, -0.1) is 11.3 Å². The standard InChI is InChI=1S/C12H14N2OS/c1-8-5-9(3-4-11(8)15-2)12-10(6-13)14-7-16-12/h3-5,7H,6,13H2,1-2H3. The Morgan fingerprint density at radius 3 is 2.88 bits per heavy atom. The van der Waals surface area contributed by atoms with Gasteiger partial charge in [-0.25, -0.2) is 4.98 Å². The third-order valence-electron chi connectivity index (χ3n) is 2.49. The van der Waals surface area contributed by atoms with Crippen LogP contribution in [0.5, 0.6) is 5.75 Å². The van der Waals surface area contributed by atoms with E-state index in [-0.39, 0.29) is 0 Å². The summed E-state index contributed by atoms with van der Waals surface area (Å²) in [5, 5.41) is 0. The second-order valence-electron chi connectivity index (χ2n) is 3.52. The lowest BCUT2D eigenvalue weighted by atomic mass is 10.1. The molecule has 84 valence electrons. The van der Waals surface area contributed by atoms with Gasteiger partial charge in [-0.1, -0.05) is 0 Å². The van der Waals surface area contributed by atoms with E-state index in [1.54, 1.807) is 18.4 Å². The largest absolute Gasteiger partial charge is 0.496 e. The lowest BCUT2D eigenvalue weighted by molar-refractivity contribution is 0.412. The van der Waals surface area contributed by atoms with Crippen molar-refractivity contribution in [1.29, 1.82) is 0 Å². The van der Waals surface area contributed by atoms with Crippen LogP contribution in [0, 0.1) is 6.92 Å². The molecule has 0 amide bonds. The van der Waals surface area contributed by atoms with Gasteiger partial charge in [0.2, 0.25) is 0 Å². The predicted octanol–water partition coefficient (Wildman–Crippen LogP) is 2.59. The van der Waals surface area contributed by atoms with E-state index in [9.17, 15) is 0 Å². The van der Waals surface area contributed by atoms with Crippen molar-refractivity contribution >= 4 is 11.3 Å². The predicted molar refractivity (Wildman–Crippen MR) is 66.7 cm³/mol. The van der Waals surface area contributed by atoms with Crippen molar-refractivity contribution in [2.45, 2.75) is 13.5 Å². The van der Waals surface area contributed by atoms with Crippen molar-refractivity contribution in [2.24, 2.45) is 5.73 Å². The zero-order valence-electron chi connectivity index (χ0n) is 9.36. The molecule has 0 aliphatic heterocycles. The molecule has 0 aliphatic carbocycles. The zero-order chi connectivity index (χ0) is 11.5. The molecule has 0 spiro atoms. The van der Waals surface area contributed by atoms with Crippen molar-refractivity contribution in [2.75, 3.05) is 7.11 Å². The van der Waals surface area contributed by atoms with Crippen LogP contribution in [0.1, 0.15) is 11.3 Å². The van der Waals surface area contributed by atoms with E-state index >= 15 is 0 Å². The Balaban J connectivity index is 2.45. The summed E-state index contributed by atoms with van der Waals surface area (Å²) < 4.78 is 5.24. The Kier molecular flexibility index (Phi) is 3.22. The Hall–Kier alpha value is -1.39. The van der Waals surface area contributed by atoms with Gasteiger partial charge in [-0.3, -0.25) is 0 Å². The number of hydrogen-bond acceptors (Lipinski definition) is 4. The highest BCUT2D eigenvalue weighted by molar-refractivity contribution is 7.13. The van der Waals surface area contributed by atoms with Crippen molar-refractivity contribution in [3.05, 3.63) is 35.0 Å². The summed E-state index contributed by atoms with van der Waals surface area (Å²) in [5.41, 5.74) is 10.7. The highest BCUT2D eigenvalue weighted by Crippen LogP contribution is 2.30. The van der Waals surface area contributed by atoms with E-state index in [0.717, 1.165) is 27.4 Å².